The van der Waals surface area contributed by atoms with E-state index in [2.05, 4.69) is 29.0 Å². The summed E-state index contributed by atoms with van der Waals surface area (Å²) in [6.07, 6.45) is 13.4. The quantitative estimate of drug-likeness (QED) is 0.153. The van der Waals surface area contributed by atoms with Crippen molar-refractivity contribution < 1.29 is 14.3 Å². The Bertz CT molecular complexity index is 644. The second-order valence-electron chi connectivity index (χ2n) is 8.75. The van der Waals surface area contributed by atoms with Crippen molar-refractivity contribution in [3.05, 3.63) is 35.4 Å². The Balaban J connectivity index is 0.0000102. The van der Waals surface area contributed by atoms with Crippen molar-refractivity contribution in [2.24, 2.45) is 0 Å². The fourth-order valence-corrected chi connectivity index (χ4v) is 5.22. The first-order valence-electron chi connectivity index (χ1n) is 12.5. The topological polar surface area (TPSA) is 67.4 Å². The number of carbonyl (C=O) groups is 2. The number of rotatable bonds is 18. The fraction of sp³-hybridized carbons (Fsp3) is 0.692. The monoisotopic (exact) mass is 544 g/mol. The summed E-state index contributed by atoms with van der Waals surface area (Å²) in [7, 11) is 0. The van der Waals surface area contributed by atoms with Gasteiger partial charge in [-0.3, -0.25) is 0 Å². The third-order valence-corrected chi connectivity index (χ3v) is 8.03. The van der Waals surface area contributed by atoms with Gasteiger partial charge in [0.2, 0.25) is 0 Å². The first-order chi connectivity index (χ1) is 15.5. The van der Waals surface area contributed by atoms with Gasteiger partial charge < -0.3 is 0 Å². The molecule has 33 heavy (non-hydrogen) atoms. The number of halogens is 1. The zero-order chi connectivity index (χ0) is 23.4. The minimum absolute atomic E-state index is 0. The van der Waals surface area contributed by atoms with Gasteiger partial charge in [-0.05, 0) is 6.42 Å². The van der Waals surface area contributed by atoms with Crippen LogP contribution in [0, 0.1) is 0 Å². The Kier molecular flexibility index (Phi) is 20.6. The number of nitrogens with one attached hydrogen (secondary N) is 2. The first-order valence-corrected chi connectivity index (χ1v) is 17.5. The maximum Gasteiger partial charge on any atom is -0.147 e. The Morgan fingerprint density at radius 1 is 0.818 bits per heavy atom. The predicted molar refractivity (Wildman–Crippen MR) is 143 cm³/mol. The van der Waals surface area contributed by atoms with Gasteiger partial charge in [-0.2, -0.15) is 0 Å². The van der Waals surface area contributed by atoms with Crippen molar-refractivity contribution in [3.8, 4) is 0 Å². The number of carbonyl (C=O) groups excluding carboxylic acids is 2. The molecule has 0 unspecified atom stereocenters. The van der Waals surface area contributed by atoms with Crippen LogP contribution < -0.4 is 10.6 Å². The summed E-state index contributed by atoms with van der Waals surface area (Å²) < 4.78 is 5.32. The van der Waals surface area contributed by atoms with Crippen LogP contribution in [0.3, 0.4) is 0 Å². The molecule has 7 heteroatoms. The molecule has 0 atom stereocenters. The average Bonchev–Trinajstić information content (AvgIpc) is 2.79. The first kappa shape index (κ1) is 31.8. The van der Waals surface area contributed by atoms with Gasteiger partial charge in [-0.1, -0.05) is 64.7 Å². The van der Waals surface area contributed by atoms with Crippen LogP contribution in [0.2, 0.25) is 16.6 Å². The summed E-state index contributed by atoms with van der Waals surface area (Å²) in [6, 6.07) is 7.34. The number of benzene rings is 1. The molecular formula is C26H46AsClN2O3. The minimum Gasteiger partial charge on any atom is -0.147 e. The molecule has 1 rings (SSSR count). The zero-order valence-electron chi connectivity index (χ0n) is 21.0. The van der Waals surface area contributed by atoms with Crippen LogP contribution in [-0.4, -0.2) is 39.7 Å². The second kappa shape index (κ2) is 21.3. The van der Waals surface area contributed by atoms with Crippen LogP contribution >= 0.6 is 12.4 Å². The van der Waals surface area contributed by atoms with Crippen LogP contribution in [0.25, 0.3) is 0 Å². The van der Waals surface area contributed by atoms with Crippen LogP contribution in [0.5, 0.6) is 0 Å². The Labute approximate surface area is 212 Å². The summed E-state index contributed by atoms with van der Waals surface area (Å²) in [4.78, 5) is 24.5. The van der Waals surface area contributed by atoms with E-state index >= 15 is 0 Å². The van der Waals surface area contributed by atoms with Crippen molar-refractivity contribution in [2.45, 2.75) is 101 Å². The van der Waals surface area contributed by atoms with E-state index in [4.69, 9.17) is 4.74 Å². The van der Waals surface area contributed by atoms with Crippen molar-refractivity contribution in [3.63, 3.8) is 0 Å². The van der Waals surface area contributed by atoms with Gasteiger partial charge in [0.15, 0.2) is 0 Å². The number of unbranched alkanes of at least 4 members (excludes halogenated alkanes) is 9. The van der Waals surface area contributed by atoms with Crippen LogP contribution in [0.15, 0.2) is 24.3 Å². The molecule has 2 amide bonds. The van der Waals surface area contributed by atoms with Gasteiger partial charge in [0, 0.05) is 0 Å². The van der Waals surface area contributed by atoms with Crippen LogP contribution in [0.4, 0.5) is 4.79 Å². The molecule has 0 saturated carbocycles. The molecule has 0 aliphatic carbocycles. The molecule has 0 heterocycles. The van der Waals surface area contributed by atoms with E-state index in [1.165, 1.54) is 56.6 Å². The molecule has 0 aliphatic rings. The number of hydrogen-bond donors (Lipinski definition) is 2. The SMILES string of the molecule is CCCCCCCCCCCCNC(=O)c1ccccc1COC(=O)NCCC[As](C)C.Cl. The van der Waals surface area contributed by atoms with Gasteiger partial charge >= 0.3 is 130 Å². The van der Waals surface area contributed by atoms with Crippen molar-refractivity contribution in [1.82, 2.24) is 10.6 Å². The maximum absolute atomic E-state index is 12.6. The molecule has 0 saturated heterocycles. The van der Waals surface area contributed by atoms with E-state index in [9.17, 15) is 9.59 Å². The van der Waals surface area contributed by atoms with E-state index in [0.717, 1.165) is 24.8 Å². The molecule has 5 nitrogen and oxygen atoms in total. The van der Waals surface area contributed by atoms with Gasteiger partial charge in [0.05, 0.1) is 0 Å². The smallest absolute Gasteiger partial charge is 0.147 e. The molecule has 0 aliphatic heterocycles. The standard InChI is InChI=1S/C26H45AsN2O3.ClH/c1-4-5-6-7-8-9-10-11-12-15-20-28-25(30)24-18-14-13-17-23(24)22-32-26(31)29-21-16-19-27(2)3;/h13-14,17-18H,4-12,15-16,19-22H2,1-3H3,(H,28,30)(H,29,31);1H. The number of alkyl carbamates (subject to hydrolysis) is 1. The maximum atomic E-state index is 12.6. The summed E-state index contributed by atoms with van der Waals surface area (Å²) in [5.74, 6) is -0.0947. The summed E-state index contributed by atoms with van der Waals surface area (Å²) >= 11 is -0.639. The third kappa shape index (κ3) is 17.0. The Hall–Kier alpha value is -1.19. The molecule has 190 valence electrons. The van der Waals surface area contributed by atoms with Gasteiger partial charge in [0.25, 0.3) is 0 Å². The zero-order valence-corrected chi connectivity index (χ0v) is 23.7. The van der Waals surface area contributed by atoms with Gasteiger partial charge in [-0.25, -0.2) is 0 Å². The Morgan fingerprint density at radius 3 is 2.03 bits per heavy atom. The average molecular weight is 545 g/mol. The fourth-order valence-electron chi connectivity index (χ4n) is 3.56. The summed E-state index contributed by atoms with van der Waals surface area (Å²) in [5, 5.41) is 7.03. The predicted octanol–water partition coefficient (Wildman–Crippen LogP) is 7.13. The molecule has 0 aromatic heterocycles. The second-order valence-corrected chi connectivity index (χ2v) is 14.2. The van der Waals surface area contributed by atoms with E-state index in [-0.39, 0.29) is 24.9 Å². The molecule has 1 aromatic rings. The number of hydrogen-bond acceptors (Lipinski definition) is 3. The third-order valence-electron chi connectivity index (χ3n) is 5.49. The molecule has 1 aromatic carbocycles. The molecule has 0 fully saturated rings. The van der Waals surface area contributed by atoms with Crippen LogP contribution in [-0.2, 0) is 11.3 Å². The normalized spacial score (nSPS) is 10.5. The van der Waals surface area contributed by atoms with Crippen molar-refractivity contribution >= 4 is 39.1 Å². The van der Waals surface area contributed by atoms with E-state index in [0.29, 0.717) is 18.7 Å². The van der Waals surface area contributed by atoms with E-state index < -0.39 is 20.7 Å². The molecule has 0 spiro atoms. The van der Waals surface area contributed by atoms with E-state index in [1.807, 2.05) is 18.2 Å². The Morgan fingerprint density at radius 2 is 1.39 bits per heavy atom. The number of amides is 2. The summed E-state index contributed by atoms with van der Waals surface area (Å²) in [5.41, 5.74) is 5.93. The molecular weight excluding hydrogens is 499 g/mol. The van der Waals surface area contributed by atoms with Gasteiger partial charge in [-0.15, -0.1) is 12.4 Å². The molecule has 0 radical (unpaired) electrons. The van der Waals surface area contributed by atoms with Crippen LogP contribution in [0.1, 0.15) is 93.5 Å². The molecule has 0 bridgehead atoms. The van der Waals surface area contributed by atoms with E-state index in [1.54, 1.807) is 6.07 Å². The van der Waals surface area contributed by atoms with Gasteiger partial charge in [0.1, 0.15) is 0 Å². The minimum atomic E-state index is -0.639. The summed E-state index contributed by atoms with van der Waals surface area (Å²) in [6.45, 7) is 3.69. The van der Waals surface area contributed by atoms with Crippen molar-refractivity contribution in [2.75, 3.05) is 13.1 Å². The largest absolute Gasteiger partial charge is 0.147 e. The van der Waals surface area contributed by atoms with Crippen molar-refractivity contribution in [1.29, 1.82) is 0 Å². The molecule has 2 N–H and O–H groups in total. The number of ether oxygens (including phenoxy) is 1.